The summed E-state index contributed by atoms with van der Waals surface area (Å²) in [4.78, 5) is 38.6. The van der Waals surface area contributed by atoms with E-state index in [2.05, 4.69) is 5.32 Å². The molecule has 0 aromatic heterocycles. The molecule has 174 valence electrons. The highest BCUT2D eigenvalue weighted by molar-refractivity contribution is 6.35. The van der Waals surface area contributed by atoms with Gasteiger partial charge in [0, 0.05) is 29.0 Å². The molecule has 1 saturated heterocycles. The number of hydrogen-bond acceptors (Lipinski definition) is 5. The quantitative estimate of drug-likeness (QED) is 0.428. The average Bonchev–Trinajstić information content (AvgIpc) is 2.99. The topological polar surface area (TPSA) is 75.7 Å². The van der Waals surface area contributed by atoms with Crippen LogP contribution < -0.4 is 5.32 Å². The molecule has 1 N–H and O–H groups in total. The predicted octanol–water partition coefficient (Wildman–Crippen LogP) is 5.92. The fourth-order valence-electron chi connectivity index (χ4n) is 3.92. The van der Waals surface area contributed by atoms with E-state index in [1.807, 2.05) is 49.4 Å². The average molecular weight is 477 g/mol. The van der Waals surface area contributed by atoms with E-state index in [1.54, 1.807) is 38.1 Å². The molecule has 7 heteroatoms. The van der Waals surface area contributed by atoms with Crippen molar-refractivity contribution in [2.45, 2.75) is 32.8 Å². The molecule has 3 aromatic carbocycles. The number of rotatable bonds is 7. The summed E-state index contributed by atoms with van der Waals surface area (Å²) in [6.45, 7) is 5.27. The number of ether oxygens (including phenoxy) is 1. The first-order valence-corrected chi connectivity index (χ1v) is 11.3. The van der Waals surface area contributed by atoms with E-state index in [-0.39, 0.29) is 18.2 Å². The Balaban J connectivity index is 1.50. The van der Waals surface area contributed by atoms with Gasteiger partial charge in [-0.05, 0) is 62.6 Å². The van der Waals surface area contributed by atoms with Gasteiger partial charge in [-0.15, -0.1) is 0 Å². The summed E-state index contributed by atoms with van der Waals surface area (Å²) < 4.78 is 5.15. The second-order valence-corrected chi connectivity index (χ2v) is 9.11. The Bertz CT molecular complexity index is 1290. The number of cyclic esters (lactones) is 1. The van der Waals surface area contributed by atoms with Gasteiger partial charge in [-0.2, -0.15) is 0 Å². The van der Waals surface area contributed by atoms with E-state index in [0.29, 0.717) is 22.6 Å². The fourth-order valence-corrected chi connectivity index (χ4v) is 4.18. The van der Waals surface area contributed by atoms with Crippen LogP contribution in [0.4, 0.5) is 16.2 Å². The molecule has 34 heavy (non-hydrogen) atoms. The van der Waals surface area contributed by atoms with Crippen LogP contribution in [0.5, 0.6) is 0 Å². The number of anilines is 2. The first-order valence-electron chi connectivity index (χ1n) is 11.0. The van der Waals surface area contributed by atoms with Gasteiger partial charge in [0.15, 0.2) is 11.4 Å². The molecule has 0 unspecified atom stereocenters. The second-order valence-electron chi connectivity index (χ2n) is 8.71. The Labute approximate surface area is 203 Å². The van der Waals surface area contributed by atoms with Crippen molar-refractivity contribution in [1.29, 1.82) is 0 Å². The molecule has 0 atom stereocenters. The standard InChI is InChI=1S/C27H25ClN2O4/c1-17-8-4-6-10-20(17)24(31)21-13-12-19(16-22(21)28)29-23-11-7-5-9-18(23)14-15-30-25(32)27(2,3)34-26(30)33/h4-13,16,29H,14-15H2,1-3H3. The highest BCUT2D eigenvalue weighted by atomic mass is 35.5. The van der Waals surface area contributed by atoms with Gasteiger partial charge in [-0.1, -0.05) is 54.1 Å². The number of imide groups is 1. The second kappa shape index (κ2) is 9.31. The summed E-state index contributed by atoms with van der Waals surface area (Å²) >= 11 is 6.48. The van der Waals surface area contributed by atoms with Gasteiger partial charge < -0.3 is 10.1 Å². The number of nitrogens with one attached hydrogen (secondary N) is 1. The molecule has 0 bridgehead atoms. The first-order chi connectivity index (χ1) is 16.2. The molecule has 4 rings (SSSR count). The lowest BCUT2D eigenvalue weighted by Crippen LogP contribution is -2.37. The fraction of sp³-hybridized carbons (Fsp3) is 0.222. The van der Waals surface area contributed by atoms with E-state index < -0.39 is 11.7 Å². The van der Waals surface area contributed by atoms with E-state index >= 15 is 0 Å². The van der Waals surface area contributed by atoms with Crippen molar-refractivity contribution in [3.8, 4) is 0 Å². The van der Waals surface area contributed by atoms with Crippen molar-refractivity contribution in [2.75, 3.05) is 11.9 Å². The van der Waals surface area contributed by atoms with Gasteiger partial charge in [0.2, 0.25) is 0 Å². The van der Waals surface area contributed by atoms with Gasteiger partial charge in [0.1, 0.15) is 0 Å². The molecule has 0 spiro atoms. The third-order valence-electron chi connectivity index (χ3n) is 5.83. The maximum Gasteiger partial charge on any atom is 0.417 e. The zero-order chi connectivity index (χ0) is 24.5. The number of carbonyl (C=O) groups is 3. The normalized spacial score (nSPS) is 14.8. The number of ketones is 1. The van der Waals surface area contributed by atoms with Crippen LogP contribution in [0.1, 0.15) is 40.9 Å². The number of para-hydroxylation sites is 1. The molecule has 2 amide bonds. The van der Waals surface area contributed by atoms with E-state index in [9.17, 15) is 14.4 Å². The number of nitrogens with zero attached hydrogens (tertiary/aromatic N) is 1. The molecular formula is C27H25ClN2O4. The van der Waals surface area contributed by atoms with Gasteiger partial charge in [-0.25, -0.2) is 9.69 Å². The third kappa shape index (κ3) is 4.68. The Morgan fingerprint density at radius 1 is 1.00 bits per heavy atom. The molecule has 1 aliphatic heterocycles. The van der Waals surface area contributed by atoms with Gasteiger partial charge in [0.05, 0.1) is 5.02 Å². The zero-order valence-electron chi connectivity index (χ0n) is 19.2. The first kappa shape index (κ1) is 23.5. The van der Waals surface area contributed by atoms with Gasteiger partial charge >= 0.3 is 6.09 Å². The molecule has 6 nitrogen and oxygen atoms in total. The predicted molar refractivity (Wildman–Crippen MR) is 132 cm³/mol. The molecule has 3 aromatic rings. The van der Waals surface area contributed by atoms with Crippen molar-refractivity contribution in [3.05, 3.63) is 94.0 Å². The Morgan fingerprint density at radius 3 is 2.38 bits per heavy atom. The SMILES string of the molecule is Cc1ccccc1C(=O)c1ccc(Nc2ccccc2CCN2C(=O)OC(C)(C)C2=O)cc1Cl. The van der Waals surface area contributed by atoms with E-state index in [1.165, 1.54) is 0 Å². The molecule has 1 heterocycles. The van der Waals surface area contributed by atoms with Crippen molar-refractivity contribution in [1.82, 2.24) is 4.90 Å². The number of amides is 2. The highest BCUT2D eigenvalue weighted by Crippen LogP contribution is 2.29. The van der Waals surface area contributed by atoms with Gasteiger partial charge in [-0.3, -0.25) is 9.59 Å². The number of hydrogen-bond donors (Lipinski definition) is 1. The van der Waals surface area contributed by atoms with Crippen molar-refractivity contribution >= 4 is 40.8 Å². The Kier molecular flexibility index (Phi) is 6.44. The Hall–Kier alpha value is -3.64. The van der Waals surface area contributed by atoms with Crippen LogP contribution in [-0.4, -0.2) is 34.8 Å². The minimum atomic E-state index is -1.14. The minimum Gasteiger partial charge on any atom is -0.433 e. The molecular weight excluding hydrogens is 452 g/mol. The molecule has 1 fully saturated rings. The largest absolute Gasteiger partial charge is 0.433 e. The number of halogens is 1. The maximum atomic E-state index is 12.9. The maximum absolute atomic E-state index is 12.9. The lowest BCUT2D eigenvalue weighted by Gasteiger charge is -2.16. The summed E-state index contributed by atoms with van der Waals surface area (Å²) in [6.07, 6.45) is -0.168. The summed E-state index contributed by atoms with van der Waals surface area (Å²) in [7, 11) is 0. The molecule has 0 aliphatic carbocycles. The smallest absolute Gasteiger partial charge is 0.417 e. The summed E-state index contributed by atoms with van der Waals surface area (Å²) in [5, 5.41) is 3.68. The highest BCUT2D eigenvalue weighted by Gasteiger charge is 2.46. The molecule has 0 radical (unpaired) electrons. The van der Waals surface area contributed by atoms with Crippen molar-refractivity contribution in [2.24, 2.45) is 0 Å². The van der Waals surface area contributed by atoms with Crippen LogP contribution in [0.15, 0.2) is 66.7 Å². The summed E-state index contributed by atoms with van der Waals surface area (Å²) in [5.74, 6) is -0.469. The van der Waals surface area contributed by atoms with Crippen LogP contribution in [-0.2, 0) is 16.0 Å². The van der Waals surface area contributed by atoms with Crippen molar-refractivity contribution < 1.29 is 19.1 Å². The summed E-state index contributed by atoms with van der Waals surface area (Å²) in [5.41, 5.74) is 3.26. The Morgan fingerprint density at radius 2 is 1.71 bits per heavy atom. The minimum absolute atomic E-state index is 0.125. The molecule has 0 saturated carbocycles. The van der Waals surface area contributed by atoms with Crippen LogP contribution in [0.2, 0.25) is 5.02 Å². The monoisotopic (exact) mass is 476 g/mol. The third-order valence-corrected chi connectivity index (χ3v) is 6.14. The van der Waals surface area contributed by atoms with E-state index in [4.69, 9.17) is 16.3 Å². The zero-order valence-corrected chi connectivity index (χ0v) is 20.0. The number of benzene rings is 3. The number of aryl methyl sites for hydroxylation is 1. The van der Waals surface area contributed by atoms with Crippen LogP contribution in [0, 0.1) is 6.92 Å². The molecule has 1 aliphatic rings. The summed E-state index contributed by atoms with van der Waals surface area (Å²) in [6, 6.07) is 20.3. The van der Waals surface area contributed by atoms with Crippen LogP contribution >= 0.6 is 11.6 Å². The van der Waals surface area contributed by atoms with Gasteiger partial charge in [0.25, 0.3) is 5.91 Å². The van der Waals surface area contributed by atoms with E-state index in [0.717, 1.165) is 27.4 Å². The number of carbonyl (C=O) groups excluding carboxylic acids is 3. The van der Waals surface area contributed by atoms with Crippen LogP contribution in [0.25, 0.3) is 0 Å². The lowest BCUT2D eigenvalue weighted by atomic mass is 9.99. The van der Waals surface area contributed by atoms with Crippen molar-refractivity contribution in [3.63, 3.8) is 0 Å². The van der Waals surface area contributed by atoms with Crippen LogP contribution in [0.3, 0.4) is 0 Å². The lowest BCUT2D eigenvalue weighted by molar-refractivity contribution is -0.134.